The summed E-state index contributed by atoms with van der Waals surface area (Å²) in [6, 6.07) is 8.40. The topological polar surface area (TPSA) is 64.3 Å². The number of likely N-dealkylation sites (N-methyl/N-ethyl adjacent to an activating group) is 1. The van der Waals surface area contributed by atoms with Crippen LogP contribution < -0.4 is 5.32 Å². The zero-order valence-corrected chi connectivity index (χ0v) is 18.8. The van der Waals surface area contributed by atoms with Crippen molar-refractivity contribution in [1.82, 2.24) is 20.0 Å². The Hall–Kier alpha value is -3.10. The molecule has 1 amide bonds. The Balaban J connectivity index is 1.49. The number of aromatic amines is 1. The fourth-order valence-corrected chi connectivity index (χ4v) is 4.61. The number of fused-ring (bicyclic) bond motifs is 1. The lowest BCUT2D eigenvalue weighted by Gasteiger charge is -2.38. The van der Waals surface area contributed by atoms with Gasteiger partial charge in [-0.15, -0.1) is 6.58 Å². The molecule has 6 nitrogen and oxygen atoms in total. The number of benzene rings is 2. The minimum atomic E-state index is -0.819. The Labute approximate surface area is 192 Å². The van der Waals surface area contributed by atoms with E-state index in [9.17, 15) is 13.6 Å². The summed E-state index contributed by atoms with van der Waals surface area (Å²) in [5, 5.41) is 11.2. The van der Waals surface area contributed by atoms with E-state index in [4.69, 9.17) is 0 Å². The standard InChI is InChI=1S/C25H29F2N5O/c1-3-5-23-20-11-18(24(28-16-33)12-25(20)30-29-23)14-31(2)19-6-4-9-32(15-19)13-17-7-8-21(26)22(27)10-17/h3,7-8,10-12,16,19H,1,4-6,9,13-15H2,2H3,(H,28,33)(H,29,30)/t19-/m1/s1. The van der Waals surface area contributed by atoms with Crippen LogP contribution in [0.2, 0.25) is 0 Å². The van der Waals surface area contributed by atoms with Crippen LogP contribution in [-0.4, -0.2) is 52.6 Å². The van der Waals surface area contributed by atoms with E-state index >= 15 is 0 Å². The lowest BCUT2D eigenvalue weighted by molar-refractivity contribution is -0.105. The molecule has 0 spiro atoms. The third kappa shape index (κ3) is 5.29. The van der Waals surface area contributed by atoms with Crippen molar-refractivity contribution >= 4 is 23.0 Å². The number of amides is 1. The van der Waals surface area contributed by atoms with Crippen LogP contribution in [0.25, 0.3) is 10.9 Å². The van der Waals surface area contributed by atoms with Crippen LogP contribution in [0.3, 0.4) is 0 Å². The molecule has 8 heteroatoms. The summed E-state index contributed by atoms with van der Waals surface area (Å²) >= 11 is 0. The molecular formula is C25H29F2N5O. The largest absolute Gasteiger partial charge is 0.328 e. The number of nitrogens with zero attached hydrogens (tertiary/aromatic N) is 3. The Morgan fingerprint density at radius 2 is 2.15 bits per heavy atom. The Morgan fingerprint density at radius 1 is 1.30 bits per heavy atom. The number of piperidine rings is 1. The van der Waals surface area contributed by atoms with Crippen LogP contribution in [0.4, 0.5) is 14.5 Å². The minimum absolute atomic E-state index is 0.306. The predicted molar refractivity (Wildman–Crippen MR) is 126 cm³/mol. The molecule has 1 atom stereocenters. The number of allylic oxidation sites excluding steroid dienone is 1. The molecule has 1 aliphatic rings. The number of carbonyl (C=O) groups excluding carboxylic acids is 1. The lowest BCUT2D eigenvalue weighted by Crippen LogP contribution is -2.45. The summed E-state index contributed by atoms with van der Waals surface area (Å²) in [4.78, 5) is 15.8. The molecule has 2 aromatic carbocycles. The fraction of sp³-hybridized carbons (Fsp3) is 0.360. The first-order valence-corrected chi connectivity index (χ1v) is 11.2. The van der Waals surface area contributed by atoms with Crippen molar-refractivity contribution < 1.29 is 13.6 Å². The van der Waals surface area contributed by atoms with E-state index in [1.807, 2.05) is 12.1 Å². The summed E-state index contributed by atoms with van der Waals surface area (Å²) in [6.45, 7) is 6.82. The molecule has 1 aliphatic heterocycles. The number of rotatable bonds is 9. The highest BCUT2D eigenvalue weighted by atomic mass is 19.2. The highest BCUT2D eigenvalue weighted by molar-refractivity contribution is 5.89. The minimum Gasteiger partial charge on any atom is -0.328 e. The number of hydrogen-bond acceptors (Lipinski definition) is 4. The number of H-pyrrole nitrogens is 1. The SMILES string of the molecule is C=CCc1[nH]nc2cc(NC=O)c(CN(C)[C@@H]3CCCN(Cc4ccc(F)c(F)c4)C3)cc12. The van der Waals surface area contributed by atoms with E-state index in [-0.39, 0.29) is 0 Å². The van der Waals surface area contributed by atoms with Crippen molar-refractivity contribution in [2.24, 2.45) is 0 Å². The van der Waals surface area contributed by atoms with Crippen molar-refractivity contribution in [1.29, 1.82) is 0 Å². The molecule has 1 saturated heterocycles. The molecule has 0 aliphatic carbocycles. The van der Waals surface area contributed by atoms with Crippen molar-refractivity contribution in [3.8, 4) is 0 Å². The average Bonchev–Trinajstić information content (AvgIpc) is 3.18. The Morgan fingerprint density at radius 3 is 2.91 bits per heavy atom. The van der Waals surface area contributed by atoms with E-state index in [1.165, 1.54) is 12.1 Å². The van der Waals surface area contributed by atoms with Crippen LogP contribution in [-0.2, 0) is 24.3 Å². The summed E-state index contributed by atoms with van der Waals surface area (Å²) in [7, 11) is 2.08. The molecule has 33 heavy (non-hydrogen) atoms. The maximum Gasteiger partial charge on any atom is 0.211 e. The van der Waals surface area contributed by atoms with E-state index in [0.29, 0.717) is 32.0 Å². The van der Waals surface area contributed by atoms with Gasteiger partial charge in [0.1, 0.15) is 0 Å². The molecule has 3 aromatic rings. The number of carbonyl (C=O) groups is 1. The average molecular weight is 454 g/mol. The monoisotopic (exact) mass is 453 g/mol. The lowest BCUT2D eigenvalue weighted by atomic mass is 10.0. The first-order chi connectivity index (χ1) is 16.0. The highest BCUT2D eigenvalue weighted by Gasteiger charge is 2.24. The normalized spacial score (nSPS) is 16.9. The molecule has 2 heterocycles. The molecule has 0 unspecified atom stereocenters. The molecule has 0 radical (unpaired) electrons. The van der Waals surface area contributed by atoms with Gasteiger partial charge in [-0.25, -0.2) is 8.78 Å². The van der Waals surface area contributed by atoms with E-state index in [1.54, 1.807) is 6.07 Å². The van der Waals surface area contributed by atoms with Gasteiger partial charge in [-0.05, 0) is 61.8 Å². The predicted octanol–water partition coefficient (Wildman–Crippen LogP) is 4.23. The van der Waals surface area contributed by atoms with Gasteiger partial charge >= 0.3 is 0 Å². The number of aromatic nitrogens is 2. The molecule has 4 rings (SSSR count). The summed E-state index contributed by atoms with van der Waals surface area (Å²) in [6.07, 6.45) is 5.29. The van der Waals surface area contributed by atoms with Crippen LogP contribution >= 0.6 is 0 Å². The molecular weight excluding hydrogens is 424 g/mol. The molecule has 0 saturated carbocycles. The van der Waals surface area contributed by atoms with Gasteiger partial charge < -0.3 is 5.32 Å². The third-order valence-corrected chi connectivity index (χ3v) is 6.33. The van der Waals surface area contributed by atoms with Crippen LogP contribution in [0.5, 0.6) is 0 Å². The summed E-state index contributed by atoms with van der Waals surface area (Å²) < 4.78 is 26.9. The maximum atomic E-state index is 13.6. The van der Waals surface area contributed by atoms with Gasteiger partial charge in [0.15, 0.2) is 11.6 Å². The van der Waals surface area contributed by atoms with Gasteiger partial charge in [0.25, 0.3) is 0 Å². The van der Waals surface area contributed by atoms with Gasteiger partial charge in [-0.2, -0.15) is 5.10 Å². The second-order valence-electron chi connectivity index (χ2n) is 8.68. The zero-order chi connectivity index (χ0) is 23.4. The van der Waals surface area contributed by atoms with Gasteiger partial charge in [0.05, 0.1) is 5.52 Å². The van der Waals surface area contributed by atoms with Crippen LogP contribution in [0.15, 0.2) is 43.0 Å². The van der Waals surface area contributed by atoms with Crippen molar-refractivity contribution in [3.05, 3.63) is 71.4 Å². The first kappa shape index (κ1) is 23.1. The number of nitrogens with one attached hydrogen (secondary N) is 2. The molecule has 0 bridgehead atoms. The van der Waals surface area contributed by atoms with Crippen molar-refractivity contribution in [2.75, 3.05) is 25.5 Å². The fourth-order valence-electron chi connectivity index (χ4n) is 4.61. The third-order valence-electron chi connectivity index (χ3n) is 6.33. The summed E-state index contributed by atoms with van der Waals surface area (Å²) in [5.74, 6) is -1.63. The second kappa shape index (κ2) is 10.2. The number of anilines is 1. The van der Waals surface area contributed by atoms with E-state index < -0.39 is 11.6 Å². The van der Waals surface area contributed by atoms with Gasteiger partial charge in [-0.1, -0.05) is 12.1 Å². The smallest absolute Gasteiger partial charge is 0.211 e. The Bertz CT molecular complexity index is 1150. The van der Waals surface area contributed by atoms with E-state index in [0.717, 1.165) is 59.3 Å². The van der Waals surface area contributed by atoms with Crippen molar-refractivity contribution in [2.45, 2.75) is 38.4 Å². The number of hydrogen-bond donors (Lipinski definition) is 2. The molecule has 1 fully saturated rings. The number of halogens is 2. The quantitative estimate of drug-likeness (QED) is 0.376. The molecule has 174 valence electrons. The summed E-state index contributed by atoms with van der Waals surface area (Å²) in [5.41, 5.74) is 4.33. The van der Waals surface area contributed by atoms with Crippen LogP contribution in [0, 0.1) is 11.6 Å². The van der Waals surface area contributed by atoms with Gasteiger partial charge in [0.2, 0.25) is 6.41 Å². The molecule has 1 aromatic heterocycles. The first-order valence-electron chi connectivity index (χ1n) is 11.2. The van der Waals surface area contributed by atoms with Crippen molar-refractivity contribution in [3.63, 3.8) is 0 Å². The van der Waals surface area contributed by atoms with Gasteiger partial charge in [-0.3, -0.25) is 19.7 Å². The number of likely N-dealkylation sites (tertiary alicyclic amines) is 1. The van der Waals surface area contributed by atoms with E-state index in [2.05, 4.69) is 45.0 Å². The Kier molecular flexibility index (Phi) is 7.15. The van der Waals surface area contributed by atoms with Gasteiger partial charge in [0, 0.05) is 48.9 Å². The zero-order valence-electron chi connectivity index (χ0n) is 18.8. The van der Waals surface area contributed by atoms with Crippen LogP contribution in [0.1, 0.15) is 29.7 Å². The maximum absolute atomic E-state index is 13.6. The highest BCUT2D eigenvalue weighted by Crippen LogP contribution is 2.28. The molecule has 2 N–H and O–H groups in total. The second-order valence-corrected chi connectivity index (χ2v) is 8.68.